The zero-order valence-corrected chi connectivity index (χ0v) is 15.1. The molecule has 1 saturated carbocycles. The molecule has 0 amide bonds. The number of aromatic hydroxyl groups is 1. The Labute approximate surface area is 151 Å². The van der Waals surface area contributed by atoms with Crippen molar-refractivity contribution in [3.63, 3.8) is 0 Å². The van der Waals surface area contributed by atoms with E-state index in [1.54, 1.807) is 12.1 Å². The molecule has 5 nitrogen and oxygen atoms in total. The molecule has 0 saturated heterocycles. The first-order chi connectivity index (χ1) is 11.5. The highest BCUT2D eigenvalue weighted by atomic mass is 35.5. The van der Waals surface area contributed by atoms with Gasteiger partial charge in [-0.15, -0.1) is 0 Å². The first-order valence-electron chi connectivity index (χ1n) is 8.06. The zero-order chi connectivity index (χ0) is 17.3. The monoisotopic (exact) mass is 366 g/mol. The third-order valence-corrected chi connectivity index (χ3v) is 4.59. The van der Waals surface area contributed by atoms with Gasteiger partial charge in [-0.3, -0.25) is 0 Å². The molecule has 1 heterocycles. The smallest absolute Gasteiger partial charge is 0.225 e. The average molecular weight is 367 g/mol. The van der Waals surface area contributed by atoms with Crippen LogP contribution in [0.25, 0.3) is 0 Å². The highest BCUT2D eigenvalue weighted by molar-refractivity contribution is 6.37. The fourth-order valence-corrected chi connectivity index (χ4v) is 2.78. The van der Waals surface area contributed by atoms with Crippen LogP contribution >= 0.6 is 23.2 Å². The van der Waals surface area contributed by atoms with Gasteiger partial charge in [0.25, 0.3) is 0 Å². The lowest BCUT2D eigenvalue weighted by Crippen LogP contribution is -2.16. The number of halogens is 2. The molecule has 0 radical (unpaired) electrons. The number of hydrogen-bond acceptors (Lipinski definition) is 5. The summed E-state index contributed by atoms with van der Waals surface area (Å²) in [5, 5.41) is 16.6. The normalized spacial score (nSPS) is 15.2. The number of rotatable bonds is 6. The third kappa shape index (κ3) is 4.02. The van der Waals surface area contributed by atoms with Crippen LogP contribution in [0.5, 0.6) is 5.75 Å². The van der Waals surface area contributed by atoms with E-state index < -0.39 is 0 Å². The van der Waals surface area contributed by atoms with Gasteiger partial charge in [0.2, 0.25) is 5.95 Å². The van der Waals surface area contributed by atoms with E-state index in [1.807, 2.05) is 6.07 Å². The van der Waals surface area contributed by atoms with Crippen molar-refractivity contribution < 1.29 is 5.11 Å². The number of benzene rings is 1. The van der Waals surface area contributed by atoms with Gasteiger partial charge in [-0.1, -0.05) is 30.1 Å². The fourth-order valence-electron chi connectivity index (χ4n) is 2.29. The summed E-state index contributed by atoms with van der Waals surface area (Å²) >= 11 is 12.0. The quantitative estimate of drug-likeness (QED) is 0.603. The van der Waals surface area contributed by atoms with E-state index in [1.165, 1.54) is 0 Å². The highest BCUT2D eigenvalue weighted by Crippen LogP contribution is 2.40. The number of anilines is 3. The molecule has 128 valence electrons. The summed E-state index contributed by atoms with van der Waals surface area (Å²) in [6, 6.07) is 5.48. The van der Waals surface area contributed by atoms with Gasteiger partial charge in [0.1, 0.15) is 5.82 Å². The van der Waals surface area contributed by atoms with Crippen LogP contribution < -0.4 is 10.6 Å². The average Bonchev–Trinajstić information content (AvgIpc) is 3.37. The van der Waals surface area contributed by atoms with Crippen LogP contribution in [0.2, 0.25) is 10.0 Å². The molecule has 0 spiro atoms. The fraction of sp³-hybridized carbons (Fsp3) is 0.412. The van der Waals surface area contributed by atoms with Crippen molar-refractivity contribution in [1.29, 1.82) is 0 Å². The second-order valence-corrected chi connectivity index (χ2v) is 6.96. The van der Waals surface area contributed by atoms with Crippen LogP contribution in [0.4, 0.5) is 17.5 Å². The maximum Gasteiger partial charge on any atom is 0.225 e. The van der Waals surface area contributed by atoms with Gasteiger partial charge in [-0.05, 0) is 38.3 Å². The molecule has 2 aromatic rings. The molecular weight excluding hydrogens is 347 g/mol. The minimum absolute atomic E-state index is 0.121. The first kappa shape index (κ1) is 17.1. The van der Waals surface area contributed by atoms with Crippen LogP contribution in [0.15, 0.2) is 18.2 Å². The third-order valence-electron chi connectivity index (χ3n) is 4.02. The van der Waals surface area contributed by atoms with Crippen molar-refractivity contribution in [1.82, 2.24) is 9.97 Å². The topological polar surface area (TPSA) is 70.1 Å². The van der Waals surface area contributed by atoms with E-state index in [4.69, 9.17) is 23.2 Å². The molecule has 1 fully saturated rings. The summed E-state index contributed by atoms with van der Waals surface area (Å²) in [5.74, 6) is 1.69. The van der Waals surface area contributed by atoms with Gasteiger partial charge in [-0.2, -0.15) is 4.98 Å². The molecule has 1 aliphatic rings. The molecule has 3 rings (SSSR count). The van der Waals surface area contributed by atoms with Gasteiger partial charge < -0.3 is 15.7 Å². The van der Waals surface area contributed by atoms with Crippen LogP contribution in [0.3, 0.4) is 0 Å². The molecule has 1 atom stereocenters. The molecular formula is C17H20Cl2N4O. The first-order valence-corrected chi connectivity index (χ1v) is 8.82. The van der Waals surface area contributed by atoms with Crippen molar-refractivity contribution in [3.8, 4) is 5.75 Å². The van der Waals surface area contributed by atoms with E-state index in [2.05, 4.69) is 34.4 Å². The summed E-state index contributed by atoms with van der Waals surface area (Å²) in [5.41, 5.74) is 1.70. The van der Waals surface area contributed by atoms with Gasteiger partial charge in [0.05, 0.1) is 15.7 Å². The number of nitrogens with one attached hydrogen (secondary N) is 2. The maximum absolute atomic E-state index is 9.67. The minimum Gasteiger partial charge on any atom is -0.505 e. The molecule has 1 aromatic heterocycles. The Morgan fingerprint density at radius 3 is 2.46 bits per heavy atom. The molecule has 0 bridgehead atoms. The number of phenols is 1. The second-order valence-electron chi connectivity index (χ2n) is 6.14. The van der Waals surface area contributed by atoms with Gasteiger partial charge in [0, 0.05) is 23.7 Å². The number of hydrogen-bond donors (Lipinski definition) is 3. The predicted molar refractivity (Wildman–Crippen MR) is 98.8 cm³/mol. The lowest BCUT2D eigenvalue weighted by molar-refractivity contribution is 0.476. The number of nitrogens with zero attached hydrogens (tertiary/aromatic N) is 2. The largest absolute Gasteiger partial charge is 0.505 e. The zero-order valence-electron chi connectivity index (χ0n) is 13.6. The standard InChI is InChI=1S/C17H20Cl2N4O/c1-3-9(2)20-17-22-14(10-4-5-10)8-15(23-17)21-11-6-12(18)16(24)13(19)7-11/h6-10,24H,3-5H2,1-2H3,(H2,20,21,22,23)/t9-/m1/s1. The SMILES string of the molecule is CC[C@@H](C)Nc1nc(Nc2cc(Cl)c(O)c(Cl)c2)cc(C2CC2)n1. The lowest BCUT2D eigenvalue weighted by Gasteiger charge is -2.15. The van der Waals surface area contributed by atoms with Crippen molar-refractivity contribution in [2.24, 2.45) is 0 Å². The Hall–Kier alpha value is -1.72. The van der Waals surface area contributed by atoms with Crippen LogP contribution in [-0.2, 0) is 0 Å². The van der Waals surface area contributed by atoms with E-state index in [0.717, 1.165) is 25.0 Å². The minimum atomic E-state index is -0.121. The molecule has 24 heavy (non-hydrogen) atoms. The predicted octanol–water partition coefficient (Wildman–Crippen LogP) is 5.32. The molecule has 0 aliphatic heterocycles. The summed E-state index contributed by atoms with van der Waals surface area (Å²) in [4.78, 5) is 9.15. The number of phenolic OH excluding ortho intramolecular Hbond substituents is 1. The summed E-state index contributed by atoms with van der Waals surface area (Å²) in [6.45, 7) is 4.21. The van der Waals surface area contributed by atoms with Crippen molar-refractivity contribution in [3.05, 3.63) is 33.9 Å². The maximum atomic E-state index is 9.67. The molecule has 1 aromatic carbocycles. The van der Waals surface area contributed by atoms with E-state index in [9.17, 15) is 5.11 Å². The van der Waals surface area contributed by atoms with E-state index in [0.29, 0.717) is 29.4 Å². The molecule has 1 aliphatic carbocycles. The Bertz CT molecular complexity index is 726. The summed E-state index contributed by atoms with van der Waals surface area (Å²) < 4.78 is 0. The van der Waals surface area contributed by atoms with Gasteiger partial charge in [-0.25, -0.2) is 4.98 Å². The van der Waals surface area contributed by atoms with Crippen LogP contribution in [-0.4, -0.2) is 21.1 Å². The summed E-state index contributed by atoms with van der Waals surface area (Å²) in [7, 11) is 0. The summed E-state index contributed by atoms with van der Waals surface area (Å²) in [6.07, 6.45) is 3.31. The van der Waals surface area contributed by atoms with E-state index >= 15 is 0 Å². The van der Waals surface area contributed by atoms with Gasteiger partial charge in [0.15, 0.2) is 5.75 Å². The molecule has 3 N–H and O–H groups in total. The van der Waals surface area contributed by atoms with Crippen molar-refractivity contribution in [2.75, 3.05) is 10.6 Å². The Morgan fingerprint density at radius 1 is 1.21 bits per heavy atom. The second kappa shape index (κ2) is 7.03. The highest BCUT2D eigenvalue weighted by Gasteiger charge is 2.26. The van der Waals surface area contributed by atoms with E-state index in [-0.39, 0.29) is 15.8 Å². The van der Waals surface area contributed by atoms with Crippen molar-refractivity contribution in [2.45, 2.75) is 45.1 Å². The number of aromatic nitrogens is 2. The Balaban J connectivity index is 1.89. The lowest BCUT2D eigenvalue weighted by atomic mass is 10.2. The van der Waals surface area contributed by atoms with Crippen LogP contribution in [0, 0.1) is 0 Å². The molecule has 7 heteroatoms. The van der Waals surface area contributed by atoms with Crippen molar-refractivity contribution >= 4 is 40.7 Å². The van der Waals surface area contributed by atoms with Gasteiger partial charge >= 0.3 is 0 Å². The van der Waals surface area contributed by atoms with Crippen LogP contribution in [0.1, 0.15) is 44.7 Å². The Kier molecular flexibility index (Phi) is 5.01. The Morgan fingerprint density at radius 2 is 1.88 bits per heavy atom. The molecule has 0 unspecified atom stereocenters.